The van der Waals surface area contributed by atoms with Crippen LogP contribution in [-0.4, -0.2) is 81.6 Å². The quantitative estimate of drug-likeness (QED) is 0.143. The molecule has 0 radical (unpaired) electrons. The van der Waals surface area contributed by atoms with Gasteiger partial charge in [0.25, 0.3) is 5.91 Å². The number of carbonyl (C=O) groups is 5. The highest BCUT2D eigenvalue weighted by Gasteiger charge is 2.45. The molecule has 1 aromatic heterocycles. The van der Waals surface area contributed by atoms with Crippen molar-refractivity contribution in [1.29, 1.82) is 0 Å². The smallest absolute Gasteiger partial charge is 0.404 e. The minimum Gasteiger partial charge on any atom is -0.465 e. The third kappa shape index (κ3) is 7.48. The van der Waals surface area contributed by atoms with Crippen molar-refractivity contribution in [3.05, 3.63) is 83.6 Å². The summed E-state index contributed by atoms with van der Waals surface area (Å²) in [6, 6.07) is 17.7. The molecule has 3 aromatic carbocycles. The number of carbonyl (C=O) groups excluding carboxylic acids is 4. The van der Waals surface area contributed by atoms with Gasteiger partial charge in [-0.2, -0.15) is 5.10 Å². The van der Waals surface area contributed by atoms with E-state index < -0.39 is 18.2 Å². The highest BCUT2D eigenvalue weighted by molar-refractivity contribution is 6.00. The van der Waals surface area contributed by atoms with E-state index in [-0.39, 0.29) is 47.8 Å². The third-order valence-electron chi connectivity index (χ3n) is 10.9. The molecule has 6 N–H and O–H groups in total. The molecule has 1 saturated carbocycles. The predicted octanol–water partition coefficient (Wildman–Crippen LogP) is 4.24. The van der Waals surface area contributed by atoms with Gasteiger partial charge in [0, 0.05) is 54.5 Å². The summed E-state index contributed by atoms with van der Waals surface area (Å²) in [5, 5.41) is 28.1. The van der Waals surface area contributed by atoms with E-state index in [2.05, 4.69) is 31.5 Å². The first-order chi connectivity index (χ1) is 25.1. The molecule has 13 heteroatoms. The number of carboxylic acid groups (broad SMARTS) is 1. The van der Waals surface area contributed by atoms with E-state index in [1.807, 2.05) is 55.5 Å². The normalized spacial score (nSPS) is 21.6. The van der Waals surface area contributed by atoms with Gasteiger partial charge in [-0.15, -0.1) is 0 Å². The lowest BCUT2D eigenvalue weighted by Gasteiger charge is -2.29. The van der Waals surface area contributed by atoms with E-state index >= 15 is 0 Å². The number of nitrogens with zero attached hydrogens (tertiary/aromatic N) is 2. The zero-order valence-corrected chi connectivity index (χ0v) is 29.0. The van der Waals surface area contributed by atoms with Gasteiger partial charge in [-0.1, -0.05) is 30.3 Å². The van der Waals surface area contributed by atoms with Gasteiger partial charge in [0.15, 0.2) is 0 Å². The Morgan fingerprint density at radius 1 is 0.981 bits per heavy atom. The van der Waals surface area contributed by atoms with E-state index in [1.54, 1.807) is 23.2 Å². The van der Waals surface area contributed by atoms with Crippen LogP contribution in [0.25, 0.3) is 22.0 Å². The zero-order valence-electron chi connectivity index (χ0n) is 29.0. The van der Waals surface area contributed by atoms with Gasteiger partial charge in [0.05, 0.1) is 11.7 Å². The van der Waals surface area contributed by atoms with Crippen molar-refractivity contribution < 1.29 is 29.1 Å². The number of aromatic amines is 1. The first kappa shape index (κ1) is 34.7. The van der Waals surface area contributed by atoms with Crippen molar-refractivity contribution in [3.8, 4) is 11.1 Å². The molecule has 5 amide bonds. The number of aromatic nitrogens is 2. The fraction of sp³-hybridized carbons (Fsp3) is 0.385. The van der Waals surface area contributed by atoms with Crippen molar-refractivity contribution in [1.82, 2.24) is 31.0 Å². The number of H-pyrrole nitrogens is 1. The minimum absolute atomic E-state index is 0.0749. The Labute approximate surface area is 300 Å². The van der Waals surface area contributed by atoms with Gasteiger partial charge in [0.2, 0.25) is 17.7 Å². The summed E-state index contributed by atoms with van der Waals surface area (Å²) in [6.07, 6.45) is 4.43. The summed E-state index contributed by atoms with van der Waals surface area (Å²) >= 11 is 0. The second-order valence-corrected chi connectivity index (χ2v) is 14.3. The third-order valence-corrected chi connectivity index (χ3v) is 10.9. The summed E-state index contributed by atoms with van der Waals surface area (Å²) in [4.78, 5) is 65.6. The molecule has 3 fully saturated rings. The summed E-state index contributed by atoms with van der Waals surface area (Å²) in [6.45, 7) is 3.53. The van der Waals surface area contributed by atoms with Gasteiger partial charge in [-0.3, -0.25) is 24.3 Å². The Balaban J connectivity index is 1.04. The van der Waals surface area contributed by atoms with Crippen LogP contribution in [0.4, 0.5) is 10.5 Å². The summed E-state index contributed by atoms with van der Waals surface area (Å²) < 4.78 is 0. The lowest BCUT2D eigenvalue weighted by atomic mass is 9.81. The van der Waals surface area contributed by atoms with Crippen LogP contribution in [-0.2, 0) is 20.8 Å². The van der Waals surface area contributed by atoms with Crippen molar-refractivity contribution >= 4 is 46.3 Å². The first-order valence-electron chi connectivity index (χ1n) is 17.9. The van der Waals surface area contributed by atoms with Crippen LogP contribution >= 0.6 is 0 Å². The molecule has 3 aliphatic rings. The molecule has 270 valence electrons. The van der Waals surface area contributed by atoms with E-state index in [1.165, 1.54) is 0 Å². The maximum atomic E-state index is 13.7. The number of rotatable bonds is 10. The van der Waals surface area contributed by atoms with Crippen molar-refractivity contribution in [2.24, 2.45) is 17.8 Å². The number of amides is 5. The number of nitrogens with one attached hydrogen (secondary N) is 5. The highest BCUT2D eigenvalue weighted by Crippen LogP contribution is 2.32. The number of likely N-dealkylation sites (tertiary alicyclic amines) is 1. The average molecular weight is 706 g/mol. The largest absolute Gasteiger partial charge is 0.465 e. The topological polar surface area (TPSA) is 186 Å². The SMILES string of the molecule is Cc1cc(C(=O)N2CC[C@@H]3CNC(=O)[C@H]32)ccc1-c1ccc(C[C@H](NC(=O)C2CCC(CNC(=O)O)CC2)C(=O)Nc2ccc3cn[nH]c3c2)cc1. The highest BCUT2D eigenvalue weighted by atomic mass is 16.4. The van der Waals surface area contributed by atoms with Crippen LogP contribution in [0.15, 0.2) is 66.9 Å². The number of hydrogen-bond donors (Lipinski definition) is 6. The predicted molar refractivity (Wildman–Crippen MR) is 194 cm³/mol. The molecule has 7 rings (SSSR count). The van der Waals surface area contributed by atoms with E-state index in [9.17, 15) is 24.0 Å². The molecule has 13 nitrogen and oxygen atoms in total. The van der Waals surface area contributed by atoms with Crippen molar-refractivity contribution in [2.45, 2.75) is 57.5 Å². The number of benzene rings is 3. The Morgan fingerprint density at radius 3 is 2.52 bits per heavy atom. The molecule has 0 unspecified atom stereocenters. The summed E-state index contributed by atoms with van der Waals surface area (Å²) in [7, 11) is 0. The van der Waals surface area contributed by atoms with Crippen LogP contribution in [0.5, 0.6) is 0 Å². The fourth-order valence-electron chi connectivity index (χ4n) is 7.94. The van der Waals surface area contributed by atoms with E-state index in [4.69, 9.17) is 5.11 Å². The standard InChI is InChI=1S/C39H43N7O6/c1-22-16-27(38(50)46-15-14-29-20-40-37(49)34(29)46)11-13-31(22)25-6-2-23(3-7-25)17-33(36(48)43-30-12-10-28-21-42-45-32(28)18-30)44-35(47)26-8-4-24(5-9-26)19-41-39(51)52/h2-3,6-7,10-13,16,18,21,24,26,29,33-34,41H,4-5,8-9,14-15,17,19-20H2,1H3,(H,40,49)(H,42,45)(H,43,48)(H,44,47)(H,51,52)/t24?,26?,29-,33+,34+/m1/s1. The molecule has 52 heavy (non-hydrogen) atoms. The van der Waals surface area contributed by atoms with Crippen LogP contribution < -0.4 is 21.3 Å². The monoisotopic (exact) mass is 705 g/mol. The van der Waals surface area contributed by atoms with Crippen molar-refractivity contribution in [3.63, 3.8) is 0 Å². The van der Waals surface area contributed by atoms with E-state index in [0.29, 0.717) is 43.7 Å². The maximum Gasteiger partial charge on any atom is 0.404 e. The van der Waals surface area contributed by atoms with Crippen LogP contribution in [0.2, 0.25) is 0 Å². The second kappa shape index (κ2) is 14.9. The van der Waals surface area contributed by atoms with Gasteiger partial charge >= 0.3 is 6.09 Å². The maximum absolute atomic E-state index is 13.7. The van der Waals surface area contributed by atoms with Gasteiger partial charge in [0.1, 0.15) is 12.1 Å². The molecule has 2 saturated heterocycles. The Bertz CT molecular complexity index is 2000. The molecular weight excluding hydrogens is 662 g/mol. The lowest BCUT2D eigenvalue weighted by molar-refractivity contribution is -0.130. The molecular formula is C39H43N7O6. The van der Waals surface area contributed by atoms with Crippen LogP contribution in [0.1, 0.15) is 53.6 Å². The van der Waals surface area contributed by atoms with Crippen LogP contribution in [0, 0.1) is 24.7 Å². The molecule has 3 atom stereocenters. The molecule has 3 heterocycles. The molecule has 4 aromatic rings. The lowest BCUT2D eigenvalue weighted by Crippen LogP contribution is -2.48. The van der Waals surface area contributed by atoms with E-state index in [0.717, 1.165) is 52.4 Å². The Hall–Kier alpha value is -5.72. The zero-order chi connectivity index (χ0) is 36.4. The summed E-state index contributed by atoms with van der Waals surface area (Å²) in [5.41, 5.74) is 5.62. The Morgan fingerprint density at radius 2 is 1.77 bits per heavy atom. The fourth-order valence-corrected chi connectivity index (χ4v) is 7.94. The van der Waals surface area contributed by atoms with Crippen LogP contribution in [0.3, 0.4) is 0 Å². The van der Waals surface area contributed by atoms with Gasteiger partial charge in [-0.05, 0) is 97.5 Å². The minimum atomic E-state index is -1.05. The number of fused-ring (bicyclic) bond motifs is 2. The number of aryl methyl sites for hydroxylation is 1. The first-order valence-corrected chi connectivity index (χ1v) is 17.9. The molecule has 1 aliphatic carbocycles. The molecule has 0 bridgehead atoms. The second-order valence-electron chi connectivity index (χ2n) is 14.3. The molecule has 2 aliphatic heterocycles. The van der Waals surface area contributed by atoms with Crippen molar-refractivity contribution in [2.75, 3.05) is 25.0 Å². The molecule has 0 spiro atoms. The Kier molecular flexibility index (Phi) is 9.92. The number of anilines is 1. The summed E-state index contributed by atoms with van der Waals surface area (Å²) in [5.74, 6) is -0.638. The number of hydrogen-bond acceptors (Lipinski definition) is 6. The van der Waals surface area contributed by atoms with Gasteiger partial charge in [-0.25, -0.2) is 4.79 Å². The van der Waals surface area contributed by atoms with Gasteiger partial charge < -0.3 is 31.3 Å². The average Bonchev–Trinajstić information content (AvgIpc) is 3.88.